The molecule has 0 saturated heterocycles. The minimum Gasteiger partial charge on any atom is -0.459 e. The van der Waals surface area contributed by atoms with Crippen molar-refractivity contribution in [1.29, 1.82) is 0 Å². The number of hydrogen-bond acceptors (Lipinski definition) is 6. The number of nitro groups is 1. The van der Waals surface area contributed by atoms with Gasteiger partial charge in [-0.2, -0.15) is 0 Å². The molecule has 0 aromatic heterocycles. The molecule has 11 heteroatoms. The lowest BCUT2D eigenvalue weighted by Gasteiger charge is -2.14. The molecule has 0 bridgehead atoms. The third-order valence-electron chi connectivity index (χ3n) is 3.56. The first-order chi connectivity index (χ1) is 13.5. The van der Waals surface area contributed by atoms with E-state index in [1.54, 1.807) is 0 Å². The Morgan fingerprint density at radius 1 is 1.17 bits per heavy atom. The van der Waals surface area contributed by atoms with Gasteiger partial charge in [0.15, 0.2) is 0 Å². The van der Waals surface area contributed by atoms with E-state index in [1.165, 1.54) is 37.3 Å². The Labute approximate surface area is 162 Å². The molecular formula is C18H15F3N2O6. The molecule has 0 aliphatic heterocycles. The fraction of sp³-hybridized carbons (Fsp3) is 0.222. The largest absolute Gasteiger partial charge is 0.573 e. The van der Waals surface area contributed by atoms with Crippen molar-refractivity contribution >= 4 is 17.6 Å². The zero-order valence-corrected chi connectivity index (χ0v) is 14.9. The summed E-state index contributed by atoms with van der Waals surface area (Å²) in [6.07, 6.45) is -4.80. The Morgan fingerprint density at radius 2 is 1.83 bits per heavy atom. The van der Waals surface area contributed by atoms with Crippen molar-refractivity contribution in [3.8, 4) is 5.75 Å². The van der Waals surface area contributed by atoms with Crippen LogP contribution in [0.3, 0.4) is 0 Å². The summed E-state index contributed by atoms with van der Waals surface area (Å²) in [6, 6.07) is 8.65. The zero-order valence-electron chi connectivity index (χ0n) is 14.9. The highest BCUT2D eigenvalue weighted by molar-refractivity contribution is 5.97. The van der Waals surface area contributed by atoms with E-state index in [9.17, 15) is 32.9 Å². The molecule has 1 atom stereocenters. The third kappa shape index (κ3) is 6.79. The zero-order chi connectivity index (χ0) is 21.6. The van der Waals surface area contributed by atoms with Crippen molar-refractivity contribution in [3.05, 3.63) is 69.8 Å². The van der Waals surface area contributed by atoms with Crippen molar-refractivity contribution in [1.82, 2.24) is 5.32 Å². The van der Waals surface area contributed by atoms with Gasteiger partial charge in [0.1, 0.15) is 18.4 Å². The second-order valence-electron chi connectivity index (χ2n) is 5.80. The fourth-order valence-corrected chi connectivity index (χ4v) is 2.17. The Kier molecular flexibility index (Phi) is 6.75. The molecule has 0 unspecified atom stereocenters. The first kappa shape index (κ1) is 21.7. The van der Waals surface area contributed by atoms with Crippen LogP contribution in [0, 0.1) is 10.1 Å². The maximum Gasteiger partial charge on any atom is 0.573 e. The molecule has 1 N–H and O–H groups in total. The van der Waals surface area contributed by atoms with Gasteiger partial charge < -0.3 is 14.8 Å². The molecule has 0 radical (unpaired) electrons. The van der Waals surface area contributed by atoms with E-state index in [-0.39, 0.29) is 17.9 Å². The van der Waals surface area contributed by atoms with Gasteiger partial charge in [0.05, 0.1) is 4.92 Å². The molecule has 0 aliphatic rings. The van der Waals surface area contributed by atoms with Gasteiger partial charge >= 0.3 is 12.3 Å². The number of nitro benzene ring substituents is 1. The molecule has 0 aliphatic carbocycles. The number of amides is 1. The van der Waals surface area contributed by atoms with Crippen LogP contribution in [0.2, 0.25) is 0 Å². The molecule has 2 aromatic carbocycles. The third-order valence-corrected chi connectivity index (χ3v) is 3.56. The molecule has 0 spiro atoms. The van der Waals surface area contributed by atoms with E-state index in [0.29, 0.717) is 5.56 Å². The van der Waals surface area contributed by atoms with Crippen LogP contribution in [-0.4, -0.2) is 29.2 Å². The second-order valence-corrected chi connectivity index (χ2v) is 5.80. The van der Waals surface area contributed by atoms with Gasteiger partial charge in [-0.15, -0.1) is 13.2 Å². The first-order valence-electron chi connectivity index (χ1n) is 8.12. The van der Waals surface area contributed by atoms with Crippen LogP contribution >= 0.6 is 0 Å². The molecule has 29 heavy (non-hydrogen) atoms. The number of halogens is 3. The molecule has 0 heterocycles. The van der Waals surface area contributed by atoms with Crippen LogP contribution in [0.15, 0.2) is 48.5 Å². The topological polar surface area (TPSA) is 108 Å². The Morgan fingerprint density at radius 3 is 2.41 bits per heavy atom. The highest BCUT2D eigenvalue weighted by atomic mass is 19.4. The van der Waals surface area contributed by atoms with Crippen molar-refractivity contribution in [2.45, 2.75) is 25.9 Å². The highest BCUT2D eigenvalue weighted by Crippen LogP contribution is 2.23. The number of alkyl halides is 3. The van der Waals surface area contributed by atoms with Crippen molar-refractivity contribution < 1.29 is 37.2 Å². The van der Waals surface area contributed by atoms with Gasteiger partial charge in [0, 0.05) is 17.7 Å². The lowest BCUT2D eigenvalue weighted by Crippen LogP contribution is -2.39. The highest BCUT2D eigenvalue weighted by Gasteiger charge is 2.31. The SMILES string of the molecule is C[C@H](NC(=O)c1cccc([N+](=O)[O-])c1)C(=O)OCc1ccc(OC(F)(F)F)cc1. The molecule has 0 fully saturated rings. The maximum atomic E-state index is 12.1. The van der Waals surface area contributed by atoms with Gasteiger partial charge in [-0.3, -0.25) is 14.9 Å². The number of carbonyl (C=O) groups excluding carboxylic acids is 2. The summed E-state index contributed by atoms with van der Waals surface area (Å²) in [5.74, 6) is -1.91. The molecule has 1 amide bonds. The summed E-state index contributed by atoms with van der Waals surface area (Å²) in [4.78, 5) is 34.2. The van der Waals surface area contributed by atoms with Gasteiger partial charge in [-0.05, 0) is 30.7 Å². The monoisotopic (exact) mass is 412 g/mol. The van der Waals surface area contributed by atoms with E-state index in [2.05, 4.69) is 10.1 Å². The Balaban J connectivity index is 1.88. The Hall–Kier alpha value is -3.63. The van der Waals surface area contributed by atoms with Gasteiger partial charge in [0.2, 0.25) is 0 Å². The number of rotatable bonds is 7. The van der Waals surface area contributed by atoms with Gasteiger partial charge in [0.25, 0.3) is 11.6 Å². The average Bonchev–Trinajstić information content (AvgIpc) is 2.66. The number of hydrogen-bond donors (Lipinski definition) is 1. The summed E-state index contributed by atoms with van der Waals surface area (Å²) >= 11 is 0. The number of non-ortho nitro benzene ring substituents is 1. The lowest BCUT2D eigenvalue weighted by molar-refractivity contribution is -0.384. The average molecular weight is 412 g/mol. The van der Waals surface area contributed by atoms with E-state index in [1.807, 2.05) is 0 Å². The molecule has 2 rings (SSSR count). The first-order valence-corrected chi connectivity index (χ1v) is 8.12. The minimum absolute atomic E-state index is 0.000830. The number of nitrogens with zero attached hydrogens (tertiary/aromatic N) is 1. The predicted molar refractivity (Wildman–Crippen MR) is 92.9 cm³/mol. The summed E-state index contributed by atoms with van der Waals surface area (Å²) in [7, 11) is 0. The predicted octanol–water partition coefficient (Wildman–Crippen LogP) is 3.36. The molecule has 8 nitrogen and oxygen atoms in total. The maximum absolute atomic E-state index is 12.1. The lowest BCUT2D eigenvalue weighted by atomic mass is 10.2. The summed E-state index contributed by atoms with van der Waals surface area (Å²) < 4.78 is 45.1. The van der Waals surface area contributed by atoms with Gasteiger partial charge in [-0.25, -0.2) is 4.79 Å². The quantitative estimate of drug-likeness (QED) is 0.425. The summed E-state index contributed by atoms with van der Waals surface area (Å²) in [5.41, 5.74) is 0.134. The van der Waals surface area contributed by atoms with Crippen LogP contribution in [0.25, 0.3) is 0 Å². The normalized spacial score (nSPS) is 12.0. The van der Waals surface area contributed by atoms with Crippen LogP contribution in [0.1, 0.15) is 22.8 Å². The number of nitrogens with one attached hydrogen (secondary N) is 1. The second kappa shape index (κ2) is 9.04. The molecular weight excluding hydrogens is 397 g/mol. The summed E-state index contributed by atoms with van der Waals surface area (Å²) in [6.45, 7) is 1.13. The number of esters is 1. The Bertz CT molecular complexity index is 899. The van der Waals surface area contributed by atoms with Crippen LogP contribution in [0.4, 0.5) is 18.9 Å². The van der Waals surface area contributed by atoms with Crippen LogP contribution in [-0.2, 0) is 16.1 Å². The van der Waals surface area contributed by atoms with Crippen LogP contribution in [0.5, 0.6) is 5.75 Å². The smallest absolute Gasteiger partial charge is 0.459 e. The van der Waals surface area contributed by atoms with E-state index in [4.69, 9.17) is 4.74 Å². The van der Waals surface area contributed by atoms with Crippen molar-refractivity contribution in [2.24, 2.45) is 0 Å². The minimum atomic E-state index is -4.80. The fourth-order valence-electron chi connectivity index (χ4n) is 2.17. The van der Waals surface area contributed by atoms with Crippen molar-refractivity contribution in [3.63, 3.8) is 0 Å². The molecule has 154 valence electrons. The number of benzene rings is 2. The summed E-state index contributed by atoms with van der Waals surface area (Å²) in [5, 5.41) is 13.1. The molecule has 0 saturated carbocycles. The standard InChI is InChI=1S/C18H15F3N2O6/c1-11(22-16(24)13-3-2-4-14(9-13)23(26)27)17(25)28-10-12-5-7-15(8-6-12)29-18(19,20)21/h2-9,11H,10H2,1H3,(H,22,24)/t11-/m0/s1. The number of carbonyl (C=O) groups is 2. The van der Waals surface area contributed by atoms with E-state index < -0.39 is 35.0 Å². The van der Waals surface area contributed by atoms with E-state index >= 15 is 0 Å². The van der Waals surface area contributed by atoms with Gasteiger partial charge in [-0.1, -0.05) is 18.2 Å². The number of ether oxygens (including phenoxy) is 2. The van der Waals surface area contributed by atoms with Crippen LogP contribution < -0.4 is 10.1 Å². The van der Waals surface area contributed by atoms with Crippen molar-refractivity contribution in [2.75, 3.05) is 0 Å². The van der Waals surface area contributed by atoms with E-state index in [0.717, 1.165) is 18.2 Å². The molecule has 2 aromatic rings.